The molecule has 1 aliphatic heterocycles. The molecule has 1 heterocycles. The molecule has 220 valence electrons. The van der Waals surface area contributed by atoms with E-state index >= 15 is 0 Å². The molecule has 4 aromatic carbocycles. The maximum atomic E-state index is 13.4. The summed E-state index contributed by atoms with van der Waals surface area (Å²) in [6.07, 6.45) is 0. The van der Waals surface area contributed by atoms with Gasteiger partial charge in [-0.15, -0.1) is 0 Å². The number of rotatable bonds is 9. The quantitative estimate of drug-likeness (QED) is 0.299. The molecule has 0 radical (unpaired) electrons. The van der Waals surface area contributed by atoms with Crippen molar-refractivity contribution in [1.82, 2.24) is 9.80 Å². The fourth-order valence-electron chi connectivity index (χ4n) is 4.99. The summed E-state index contributed by atoms with van der Waals surface area (Å²) in [5, 5.41) is 2.88. The van der Waals surface area contributed by atoms with Gasteiger partial charge < -0.3 is 24.8 Å². The molecule has 1 aliphatic rings. The predicted octanol–water partition coefficient (Wildman–Crippen LogP) is 5.08. The molecule has 3 amide bonds. The molecule has 5 rings (SSSR count). The van der Waals surface area contributed by atoms with Crippen molar-refractivity contribution in [2.45, 2.75) is 6.54 Å². The van der Waals surface area contributed by atoms with Crippen molar-refractivity contribution in [3.63, 3.8) is 0 Å². The number of halogens is 1. The van der Waals surface area contributed by atoms with E-state index < -0.39 is 5.82 Å². The van der Waals surface area contributed by atoms with Crippen LogP contribution < -0.4 is 15.0 Å². The topological polar surface area (TPSA) is 82.2 Å². The number of nitrogens with zero attached hydrogens (tertiary/aromatic N) is 3. The van der Waals surface area contributed by atoms with Crippen LogP contribution in [0.25, 0.3) is 0 Å². The summed E-state index contributed by atoms with van der Waals surface area (Å²) in [6.45, 7) is 2.64. The Balaban J connectivity index is 1.17. The highest BCUT2D eigenvalue weighted by molar-refractivity contribution is 5.99. The highest BCUT2D eigenvalue weighted by atomic mass is 19.1. The summed E-state index contributed by atoms with van der Waals surface area (Å²) in [5.41, 5.74) is 3.42. The second-order valence-electron chi connectivity index (χ2n) is 10.3. The summed E-state index contributed by atoms with van der Waals surface area (Å²) in [4.78, 5) is 44.6. The van der Waals surface area contributed by atoms with Gasteiger partial charge >= 0.3 is 0 Å². The highest BCUT2D eigenvalue weighted by Gasteiger charge is 2.23. The molecule has 1 N–H and O–H groups in total. The van der Waals surface area contributed by atoms with Gasteiger partial charge in [-0.1, -0.05) is 30.3 Å². The monoisotopic (exact) mass is 580 g/mol. The number of hydrogen-bond donors (Lipinski definition) is 1. The third-order valence-corrected chi connectivity index (χ3v) is 7.35. The van der Waals surface area contributed by atoms with E-state index in [2.05, 4.69) is 10.2 Å². The maximum Gasteiger partial charge on any atom is 0.254 e. The minimum atomic E-state index is -0.434. The van der Waals surface area contributed by atoms with Crippen LogP contribution in [0, 0.1) is 5.82 Å². The third-order valence-electron chi connectivity index (χ3n) is 7.35. The third kappa shape index (κ3) is 7.56. The van der Waals surface area contributed by atoms with Crippen molar-refractivity contribution in [2.75, 3.05) is 50.1 Å². The molecule has 1 saturated heterocycles. The van der Waals surface area contributed by atoms with Gasteiger partial charge in [-0.3, -0.25) is 14.4 Å². The molecule has 0 unspecified atom stereocenters. The van der Waals surface area contributed by atoms with Gasteiger partial charge in [-0.2, -0.15) is 0 Å². The number of methoxy groups -OCH3 is 1. The first-order valence-electron chi connectivity index (χ1n) is 14.1. The van der Waals surface area contributed by atoms with E-state index in [0.717, 1.165) is 11.3 Å². The van der Waals surface area contributed by atoms with Crippen molar-refractivity contribution in [1.29, 1.82) is 0 Å². The molecule has 8 nitrogen and oxygen atoms in total. The molecular weight excluding hydrogens is 547 g/mol. The second kappa shape index (κ2) is 13.7. The average Bonchev–Trinajstić information content (AvgIpc) is 3.05. The Kier molecular flexibility index (Phi) is 9.31. The molecule has 1 fully saturated rings. The number of anilines is 2. The predicted molar refractivity (Wildman–Crippen MR) is 164 cm³/mol. The van der Waals surface area contributed by atoms with E-state index in [1.165, 1.54) is 29.2 Å². The van der Waals surface area contributed by atoms with Gasteiger partial charge in [0.15, 0.2) is 0 Å². The Labute approximate surface area is 250 Å². The number of nitrogens with one attached hydrogen (secondary N) is 1. The number of ether oxygens (including phenoxy) is 1. The zero-order valence-electron chi connectivity index (χ0n) is 23.9. The summed E-state index contributed by atoms with van der Waals surface area (Å²) in [6, 6.07) is 29.3. The number of carbonyl (C=O) groups is 3. The Morgan fingerprint density at radius 1 is 0.791 bits per heavy atom. The van der Waals surface area contributed by atoms with E-state index in [1.807, 2.05) is 59.5 Å². The molecule has 9 heteroatoms. The molecule has 0 saturated carbocycles. The van der Waals surface area contributed by atoms with Crippen LogP contribution in [0.15, 0.2) is 103 Å². The van der Waals surface area contributed by atoms with Crippen LogP contribution in [-0.2, 0) is 11.3 Å². The van der Waals surface area contributed by atoms with Gasteiger partial charge in [0.2, 0.25) is 5.91 Å². The number of amides is 3. The van der Waals surface area contributed by atoms with Crippen LogP contribution in [0.1, 0.15) is 26.3 Å². The lowest BCUT2D eigenvalue weighted by molar-refractivity contribution is -0.117. The van der Waals surface area contributed by atoms with Crippen molar-refractivity contribution in [2.24, 2.45) is 0 Å². The van der Waals surface area contributed by atoms with Crippen molar-refractivity contribution < 1.29 is 23.5 Å². The molecular formula is C34H33FN4O4. The van der Waals surface area contributed by atoms with Crippen molar-refractivity contribution in [3.05, 3.63) is 126 Å². The van der Waals surface area contributed by atoms with Gasteiger partial charge in [0, 0.05) is 55.2 Å². The molecule has 43 heavy (non-hydrogen) atoms. The molecule has 0 atom stereocenters. The fraction of sp³-hybridized carbons (Fsp3) is 0.206. The number of hydrogen-bond acceptors (Lipinski definition) is 5. The van der Waals surface area contributed by atoms with E-state index in [1.54, 1.807) is 31.4 Å². The van der Waals surface area contributed by atoms with E-state index in [9.17, 15) is 18.8 Å². The Bertz CT molecular complexity index is 1540. The lowest BCUT2D eigenvalue weighted by Crippen LogP contribution is -2.48. The largest absolute Gasteiger partial charge is 0.497 e. The normalized spacial score (nSPS) is 12.9. The first-order chi connectivity index (χ1) is 20.9. The summed E-state index contributed by atoms with van der Waals surface area (Å²) < 4.78 is 18.6. The van der Waals surface area contributed by atoms with Crippen LogP contribution in [-0.4, -0.2) is 67.4 Å². The number of piperazine rings is 1. The molecule has 0 aromatic heterocycles. The van der Waals surface area contributed by atoms with E-state index in [-0.39, 0.29) is 30.8 Å². The minimum absolute atomic E-state index is 0.000388. The molecule has 0 bridgehead atoms. The minimum Gasteiger partial charge on any atom is -0.497 e. The van der Waals surface area contributed by atoms with Crippen LogP contribution in [0.3, 0.4) is 0 Å². The number of carbonyl (C=O) groups excluding carboxylic acids is 3. The van der Waals surface area contributed by atoms with Gasteiger partial charge in [-0.25, -0.2) is 4.39 Å². The van der Waals surface area contributed by atoms with Crippen LogP contribution in [0.2, 0.25) is 0 Å². The highest BCUT2D eigenvalue weighted by Crippen LogP contribution is 2.21. The van der Waals surface area contributed by atoms with Crippen LogP contribution in [0.5, 0.6) is 5.75 Å². The lowest BCUT2D eigenvalue weighted by Gasteiger charge is -2.36. The van der Waals surface area contributed by atoms with Gasteiger partial charge in [0.25, 0.3) is 11.8 Å². The zero-order valence-corrected chi connectivity index (χ0v) is 23.9. The second-order valence-corrected chi connectivity index (χ2v) is 10.3. The summed E-state index contributed by atoms with van der Waals surface area (Å²) in [5.74, 6) is -0.427. The molecule has 0 aliphatic carbocycles. The van der Waals surface area contributed by atoms with Crippen molar-refractivity contribution >= 4 is 29.1 Å². The summed E-state index contributed by atoms with van der Waals surface area (Å²) >= 11 is 0. The maximum absolute atomic E-state index is 13.4. The standard InChI is InChI=1S/C34H33FN4O4/c1-43-31-17-9-27(10-18-31)33(41)38-21-19-37(20-22-38)30-15-13-29(14-16-30)36-32(40)24-39(23-25-5-3-2-4-6-25)34(42)26-7-11-28(35)12-8-26/h2-18H,19-24H2,1H3,(H,36,40). The number of benzene rings is 4. The van der Waals surface area contributed by atoms with Gasteiger partial charge in [0.1, 0.15) is 18.1 Å². The lowest BCUT2D eigenvalue weighted by atomic mass is 10.1. The van der Waals surface area contributed by atoms with Gasteiger partial charge in [-0.05, 0) is 78.4 Å². The average molecular weight is 581 g/mol. The van der Waals surface area contributed by atoms with E-state index in [4.69, 9.17) is 4.74 Å². The zero-order chi connectivity index (χ0) is 30.2. The van der Waals surface area contributed by atoms with Crippen molar-refractivity contribution in [3.8, 4) is 5.75 Å². The molecule has 4 aromatic rings. The van der Waals surface area contributed by atoms with Gasteiger partial charge in [0.05, 0.1) is 7.11 Å². The Morgan fingerprint density at radius 2 is 1.42 bits per heavy atom. The SMILES string of the molecule is COc1ccc(C(=O)N2CCN(c3ccc(NC(=O)CN(Cc4ccccc4)C(=O)c4ccc(F)cc4)cc3)CC2)cc1. The first-order valence-corrected chi connectivity index (χ1v) is 14.1. The Hall–Kier alpha value is -5.18. The molecule has 0 spiro atoms. The van der Waals surface area contributed by atoms with Crippen LogP contribution >= 0.6 is 0 Å². The van der Waals surface area contributed by atoms with E-state index in [0.29, 0.717) is 48.7 Å². The first kappa shape index (κ1) is 29.3. The summed E-state index contributed by atoms with van der Waals surface area (Å²) in [7, 11) is 1.59. The fourth-order valence-corrected chi connectivity index (χ4v) is 4.99. The smallest absolute Gasteiger partial charge is 0.254 e. The Morgan fingerprint density at radius 3 is 2.05 bits per heavy atom. The van der Waals surface area contributed by atoms with Crippen LogP contribution in [0.4, 0.5) is 15.8 Å².